The summed E-state index contributed by atoms with van der Waals surface area (Å²) in [5.41, 5.74) is -0.213. The number of aromatic carboxylic acids is 1. The van der Waals surface area contributed by atoms with Gasteiger partial charge in [0.15, 0.2) is 5.75 Å². The second-order valence-electron chi connectivity index (χ2n) is 6.33. The third-order valence-corrected chi connectivity index (χ3v) is 4.61. The zero-order valence-corrected chi connectivity index (χ0v) is 13.8. The molecule has 2 atom stereocenters. The fraction of sp³-hybridized carbons (Fsp3) is 0.368. The van der Waals surface area contributed by atoms with E-state index in [-0.39, 0.29) is 12.1 Å². The smallest absolute Gasteiger partial charge is 0.341 e. The maximum Gasteiger partial charge on any atom is 0.341 e. The number of pyridine rings is 1. The van der Waals surface area contributed by atoms with E-state index >= 15 is 0 Å². The molecule has 2 aromatic rings. The van der Waals surface area contributed by atoms with Gasteiger partial charge in [-0.3, -0.25) is 4.79 Å². The van der Waals surface area contributed by atoms with Gasteiger partial charge in [-0.2, -0.15) is 0 Å². The molecule has 2 N–H and O–H groups in total. The molecule has 0 saturated heterocycles. The molecule has 1 heterocycles. The highest BCUT2D eigenvalue weighted by Crippen LogP contribution is 2.32. The molecule has 6 heteroatoms. The van der Waals surface area contributed by atoms with Crippen molar-refractivity contribution in [3.63, 3.8) is 0 Å². The molecule has 132 valence electrons. The fourth-order valence-electron chi connectivity index (χ4n) is 3.32. The number of carboxylic acids is 1. The Kier molecular flexibility index (Phi) is 5.19. The Hall–Kier alpha value is -2.60. The van der Waals surface area contributed by atoms with Crippen LogP contribution in [-0.2, 0) is 11.3 Å². The van der Waals surface area contributed by atoms with Crippen molar-refractivity contribution in [2.45, 2.75) is 44.4 Å². The molecule has 0 spiro atoms. The van der Waals surface area contributed by atoms with Crippen molar-refractivity contribution in [2.75, 3.05) is 0 Å². The lowest BCUT2D eigenvalue weighted by Gasteiger charge is -2.33. The van der Waals surface area contributed by atoms with Crippen LogP contribution in [0, 0.1) is 0 Å². The second-order valence-corrected chi connectivity index (χ2v) is 6.33. The number of hydrogen-bond donors (Lipinski definition) is 2. The maximum absolute atomic E-state index is 11.8. The normalized spacial score (nSPS) is 20.3. The van der Waals surface area contributed by atoms with Crippen LogP contribution in [0.3, 0.4) is 0 Å². The Morgan fingerprint density at radius 1 is 1.16 bits per heavy atom. The van der Waals surface area contributed by atoms with E-state index in [1.54, 1.807) is 4.57 Å². The van der Waals surface area contributed by atoms with Gasteiger partial charge in [-0.15, -0.1) is 0 Å². The number of nitrogens with zero attached hydrogens (tertiary/aromatic N) is 1. The number of aromatic hydroxyl groups is 1. The van der Waals surface area contributed by atoms with Crippen molar-refractivity contribution in [1.29, 1.82) is 0 Å². The number of carbonyl (C=O) groups is 1. The van der Waals surface area contributed by atoms with E-state index in [2.05, 4.69) is 0 Å². The Morgan fingerprint density at radius 3 is 2.60 bits per heavy atom. The van der Waals surface area contributed by atoms with Crippen molar-refractivity contribution in [2.24, 2.45) is 0 Å². The molecule has 25 heavy (non-hydrogen) atoms. The Balaban J connectivity index is 1.83. The van der Waals surface area contributed by atoms with Gasteiger partial charge in [-0.25, -0.2) is 4.79 Å². The van der Waals surface area contributed by atoms with E-state index in [0.29, 0.717) is 6.61 Å². The van der Waals surface area contributed by atoms with Gasteiger partial charge in [0.1, 0.15) is 5.56 Å². The van der Waals surface area contributed by atoms with Crippen LogP contribution >= 0.6 is 0 Å². The molecule has 0 bridgehead atoms. The Morgan fingerprint density at radius 2 is 1.88 bits per heavy atom. The number of rotatable bonds is 5. The zero-order valence-electron chi connectivity index (χ0n) is 13.8. The summed E-state index contributed by atoms with van der Waals surface area (Å²) in [6.07, 6.45) is 6.20. The quantitative estimate of drug-likeness (QED) is 0.871. The minimum absolute atomic E-state index is 0.0995. The molecular formula is C19H21NO5. The van der Waals surface area contributed by atoms with Crippen LogP contribution in [0.15, 0.2) is 47.5 Å². The van der Waals surface area contributed by atoms with E-state index in [1.165, 1.54) is 12.4 Å². The SMILES string of the molecule is O=C(O)c1cn([C@@H]2CCCC[C@H]2OCc2ccccc2)cc(O)c1=O. The van der Waals surface area contributed by atoms with Crippen LogP contribution in [-0.4, -0.2) is 26.9 Å². The summed E-state index contributed by atoms with van der Waals surface area (Å²) < 4.78 is 7.70. The number of carboxylic acid groups (broad SMARTS) is 1. The van der Waals surface area contributed by atoms with Crippen molar-refractivity contribution in [1.82, 2.24) is 4.57 Å². The van der Waals surface area contributed by atoms with Crippen LogP contribution in [0.4, 0.5) is 0 Å². The van der Waals surface area contributed by atoms with Gasteiger partial charge in [0.2, 0.25) is 5.43 Å². The number of benzene rings is 1. The van der Waals surface area contributed by atoms with E-state index in [0.717, 1.165) is 31.2 Å². The summed E-state index contributed by atoms with van der Waals surface area (Å²) in [7, 11) is 0. The average Bonchev–Trinajstić information content (AvgIpc) is 2.63. The first-order valence-electron chi connectivity index (χ1n) is 8.40. The zero-order chi connectivity index (χ0) is 17.8. The minimum Gasteiger partial charge on any atom is -0.503 e. The molecule has 0 radical (unpaired) electrons. The summed E-state index contributed by atoms with van der Waals surface area (Å²) in [5.74, 6) is -1.89. The maximum atomic E-state index is 11.8. The van der Waals surface area contributed by atoms with E-state index in [1.807, 2.05) is 30.3 Å². The highest BCUT2D eigenvalue weighted by Gasteiger charge is 2.28. The molecule has 1 aliphatic carbocycles. The summed E-state index contributed by atoms with van der Waals surface area (Å²) in [5, 5.41) is 19.0. The third kappa shape index (κ3) is 3.91. The highest BCUT2D eigenvalue weighted by molar-refractivity contribution is 5.87. The minimum atomic E-state index is -1.34. The monoisotopic (exact) mass is 343 g/mol. The lowest BCUT2D eigenvalue weighted by atomic mass is 9.92. The summed E-state index contributed by atoms with van der Waals surface area (Å²) in [6, 6.07) is 9.73. The molecule has 1 aromatic carbocycles. The van der Waals surface area contributed by atoms with Crippen molar-refractivity contribution >= 4 is 5.97 Å². The number of aromatic nitrogens is 1. The molecular weight excluding hydrogens is 322 g/mol. The Bertz CT molecular complexity index is 799. The molecule has 1 aliphatic rings. The lowest BCUT2D eigenvalue weighted by molar-refractivity contribution is -0.0166. The third-order valence-electron chi connectivity index (χ3n) is 4.61. The van der Waals surface area contributed by atoms with E-state index < -0.39 is 22.7 Å². The predicted molar refractivity (Wildman–Crippen MR) is 91.9 cm³/mol. The molecule has 0 amide bonds. The summed E-state index contributed by atoms with van der Waals surface area (Å²) in [4.78, 5) is 23.0. The van der Waals surface area contributed by atoms with Crippen LogP contribution < -0.4 is 5.43 Å². The van der Waals surface area contributed by atoms with Crippen LogP contribution in [0.25, 0.3) is 0 Å². The van der Waals surface area contributed by atoms with Gasteiger partial charge in [0, 0.05) is 6.20 Å². The first-order chi connectivity index (χ1) is 12.1. The Labute approximate surface area is 145 Å². The van der Waals surface area contributed by atoms with Gasteiger partial charge >= 0.3 is 5.97 Å². The average molecular weight is 343 g/mol. The van der Waals surface area contributed by atoms with Gasteiger partial charge in [0.05, 0.1) is 24.9 Å². The number of ether oxygens (including phenoxy) is 1. The molecule has 1 fully saturated rings. The lowest BCUT2D eigenvalue weighted by Crippen LogP contribution is -2.31. The topological polar surface area (TPSA) is 88.8 Å². The first kappa shape index (κ1) is 17.2. The molecule has 0 unspecified atom stereocenters. The van der Waals surface area contributed by atoms with Crippen LogP contribution in [0.5, 0.6) is 5.75 Å². The molecule has 1 saturated carbocycles. The van der Waals surface area contributed by atoms with Crippen LogP contribution in [0.2, 0.25) is 0 Å². The largest absolute Gasteiger partial charge is 0.503 e. The van der Waals surface area contributed by atoms with E-state index in [9.17, 15) is 19.8 Å². The highest BCUT2D eigenvalue weighted by atomic mass is 16.5. The summed E-state index contributed by atoms with van der Waals surface area (Å²) in [6.45, 7) is 0.472. The fourth-order valence-corrected chi connectivity index (χ4v) is 3.32. The molecule has 3 rings (SSSR count). The molecule has 1 aromatic heterocycles. The van der Waals surface area contributed by atoms with Gasteiger partial charge < -0.3 is 19.5 Å². The van der Waals surface area contributed by atoms with Gasteiger partial charge in [-0.05, 0) is 18.4 Å². The van der Waals surface area contributed by atoms with Crippen molar-refractivity contribution in [3.8, 4) is 5.75 Å². The molecule has 0 aliphatic heterocycles. The first-order valence-corrected chi connectivity index (χ1v) is 8.40. The number of hydrogen-bond acceptors (Lipinski definition) is 4. The van der Waals surface area contributed by atoms with Crippen molar-refractivity contribution in [3.05, 3.63) is 64.1 Å². The van der Waals surface area contributed by atoms with Gasteiger partial charge in [0.25, 0.3) is 0 Å². The summed E-state index contributed by atoms with van der Waals surface area (Å²) >= 11 is 0. The van der Waals surface area contributed by atoms with Crippen LogP contribution in [0.1, 0.15) is 47.6 Å². The predicted octanol–water partition coefficient (Wildman–Crippen LogP) is 2.95. The second kappa shape index (κ2) is 7.53. The van der Waals surface area contributed by atoms with Gasteiger partial charge in [-0.1, -0.05) is 43.2 Å². The van der Waals surface area contributed by atoms with E-state index in [4.69, 9.17) is 4.74 Å². The molecule has 6 nitrogen and oxygen atoms in total. The van der Waals surface area contributed by atoms with Crippen molar-refractivity contribution < 1.29 is 19.7 Å². The standard InChI is InChI=1S/C19H21NO5/c21-16-11-20(10-14(18(16)22)19(23)24)15-8-4-5-9-17(15)25-12-13-6-2-1-3-7-13/h1-3,6-7,10-11,15,17,21H,4-5,8-9,12H2,(H,23,24)/t15-,17-/m1/s1.